The second-order valence-corrected chi connectivity index (χ2v) is 5.52. The van der Waals surface area contributed by atoms with E-state index in [4.69, 9.17) is 0 Å². The average Bonchev–Trinajstić information content (AvgIpc) is 3.12. The van der Waals surface area contributed by atoms with Crippen molar-refractivity contribution in [3.05, 3.63) is 18.2 Å². The van der Waals surface area contributed by atoms with Crippen molar-refractivity contribution in [3.8, 4) is 0 Å². The number of nitrogens with one attached hydrogen (secondary N) is 1. The van der Waals surface area contributed by atoms with Crippen molar-refractivity contribution < 1.29 is 0 Å². The van der Waals surface area contributed by atoms with Crippen molar-refractivity contribution in [1.82, 2.24) is 14.9 Å². The molecule has 0 amide bonds. The summed E-state index contributed by atoms with van der Waals surface area (Å²) in [6.45, 7) is 4.40. The van der Waals surface area contributed by atoms with E-state index in [0.717, 1.165) is 19.0 Å². The summed E-state index contributed by atoms with van der Waals surface area (Å²) < 4.78 is 2.33. The number of rotatable bonds is 3. The number of nitrogens with zero attached hydrogens (tertiary/aromatic N) is 2. The van der Waals surface area contributed by atoms with Crippen LogP contribution in [0.3, 0.4) is 0 Å². The van der Waals surface area contributed by atoms with E-state index in [1.54, 1.807) is 0 Å². The molecule has 3 heteroatoms. The van der Waals surface area contributed by atoms with Gasteiger partial charge in [-0.3, -0.25) is 0 Å². The molecule has 1 unspecified atom stereocenters. The minimum atomic E-state index is 0.190. The van der Waals surface area contributed by atoms with Crippen LogP contribution in [-0.2, 0) is 12.1 Å². The first-order valence-corrected chi connectivity index (χ1v) is 7.13. The molecule has 0 aromatic carbocycles. The van der Waals surface area contributed by atoms with Crippen LogP contribution < -0.4 is 5.32 Å². The summed E-state index contributed by atoms with van der Waals surface area (Å²) >= 11 is 0. The summed E-state index contributed by atoms with van der Waals surface area (Å²) in [6.07, 6.45) is 12.2. The SMILES string of the molecule is CCn1ccnc1C1(C2CC2)CCCCCN1. The zero-order chi connectivity index (χ0) is 11.7. The fourth-order valence-electron chi connectivity index (χ4n) is 3.36. The molecule has 17 heavy (non-hydrogen) atoms. The number of hydrogen-bond acceptors (Lipinski definition) is 2. The number of imidazole rings is 1. The third-order valence-corrected chi connectivity index (χ3v) is 4.42. The van der Waals surface area contributed by atoms with E-state index in [2.05, 4.69) is 28.0 Å². The fourth-order valence-corrected chi connectivity index (χ4v) is 3.36. The van der Waals surface area contributed by atoms with Crippen LogP contribution in [0.4, 0.5) is 0 Å². The standard InChI is InChI=1S/C14H23N3/c1-2-17-11-10-15-13(17)14(12-6-7-12)8-4-3-5-9-16-14/h10-12,16H,2-9H2,1H3. The van der Waals surface area contributed by atoms with Gasteiger partial charge in [0, 0.05) is 18.9 Å². The van der Waals surface area contributed by atoms with Gasteiger partial charge in [0.1, 0.15) is 5.82 Å². The highest BCUT2D eigenvalue weighted by atomic mass is 15.1. The molecular formula is C14H23N3. The Morgan fingerprint density at radius 2 is 2.29 bits per heavy atom. The van der Waals surface area contributed by atoms with Crippen LogP contribution >= 0.6 is 0 Å². The maximum absolute atomic E-state index is 4.69. The average molecular weight is 233 g/mol. The van der Waals surface area contributed by atoms with Gasteiger partial charge in [-0.25, -0.2) is 4.98 Å². The summed E-state index contributed by atoms with van der Waals surface area (Å²) in [5.41, 5.74) is 0.190. The number of aromatic nitrogens is 2. The first kappa shape index (κ1) is 11.3. The van der Waals surface area contributed by atoms with E-state index >= 15 is 0 Å². The van der Waals surface area contributed by atoms with Crippen molar-refractivity contribution in [1.29, 1.82) is 0 Å². The highest BCUT2D eigenvalue weighted by Gasteiger charge is 2.48. The molecule has 3 rings (SSSR count). The van der Waals surface area contributed by atoms with Crippen LogP contribution in [0, 0.1) is 5.92 Å². The number of aryl methyl sites for hydroxylation is 1. The summed E-state index contributed by atoms with van der Waals surface area (Å²) in [5.74, 6) is 2.12. The first-order chi connectivity index (χ1) is 8.37. The van der Waals surface area contributed by atoms with Crippen LogP contribution in [0.25, 0.3) is 0 Å². The Bertz CT molecular complexity index is 371. The van der Waals surface area contributed by atoms with Crippen LogP contribution in [0.5, 0.6) is 0 Å². The second kappa shape index (κ2) is 4.45. The van der Waals surface area contributed by atoms with Gasteiger partial charge >= 0.3 is 0 Å². The zero-order valence-electron chi connectivity index (χ0n) is 10.8. The molecule has 1 atom stereocenters. The Kier molecular flexibility index (Phi) is 2.95. The van der Waals surface area contributed by atoms with Gasteiger partial charge in [-0.2, -0.15) is 0 Å². The quantitative estimate of drug-likeness (QED) is 0.870. The first-order valence-electron chi connectivity index (χ1n) is 7.13. The van der Waals surface area contributed by atoms with Crippen molar-refractivity contribution in [2.75, 3.05) is 6.54 Å². The normalized spacial score (nSPS) is 30.2. The van der Waals surface area contributed by atoms with Gasteiger partial charge in [-0.15, -0.1) is 0 Å². The molecule has 2 fully saturated rings. The van der Waals surface area contributed by atoms with Gasteiger partial charge in [-0.05, 0) is 45.1 Å². The molecule has 2 heterocycles. The lowest BCUT2D eigenvalue weighted by molar-refractivity contribution is 0.253. The predicted molar refractivity (Wildman–Crippen MR) is 68.8 cm³/mol. The lowest BCUT2D eigenvalue weighted by atomic mass is 9.87. The zero-order valence-corrected chi connectivity index (χ0v) is 10.8. The third-order valence-electron chi connectivity index (χ3n) is 4.42. The lowest BCUT2D eigenvalue weighted by Crippen LogP contribution is -2.46. The topological polar surface area (TPSA) is 29.9 Å². The van der Waals surface area contributed by atoms with Crippen molar-refractivity contribution in [3.63, 3.8) is 0 Å². The monoisotopic (exact) mass is 233 g/mol. The van der Waals surface area contributed by atoms with Crippen molar-refractivity contribution in [2.45, 2.75) is 57.5 Å². The van der Waals surface area contributed by atoms with Crippen molar-refractivity contribution >= 4 is 0 Å². The van der Waals surface area contributed by atoms with Gasteiger partial charge in [0.15, 0.2) is 0 Å². The van der Waals surface area contributed by atoms with Gasteiger partial charge < -0.3 is 9.88 Å². The minimum absolute atomic E-state index is 0.190. The molecule has 1 saturated carbocycles. The van der Waals surface area contributed by atoms with Crippen LogP contribution in [-0.4, -0.2) is 16.1 Å². The molecule has 0 spiro atoms. The molecular weight excluding hydrogens is 210 g/mol. The highest BCUT2D eigenvalue weighted by molar-refractivity contribution is 5.15. The molecule has 2 aliphatic rings. The number of hydrogen-bond donors (Lipinski definition) is 1. The summed E-state index contributed by atoms with van der Waals surface area (Å²) in [4.78, 5) is 4.69. The Balaban J connectivity index is 1.97. The molecule has 0 bridgehead atoms. The molecule has 1 saturated heterocycles. The maximum atomic E-state index is 4.69. The molecule has 0 radical (unpaired) electrons. The molecule has 3 nitrogen and oxygen atoms in total. The van der Waals surface area contributed by atoms with E-state index in [1.807, 2.05) is 6.20 Å². The van der Waals surface area contributed by atoms with E-state index in [0.29, 0.717) is 0 Å². The van der Waals surface area contributed by atoms with E-state index in [-0.39, 0.29) is 5.54 Å². The molecule has 1 aliphatic heterocycles. The third kappa shape index (κ3) is 1.90. The Morgan fingerprint density at radius 1 is 1.41 bits per heavy atom. The van der Waals surface area contributed by atoms with Gasteiger partial charge in [0.25, 0.3) is 0 Å². The summed E-state index contributed by atoms with van der Waals surface area (Å²) in [6, 6.07) is 0. The summed E-state index contributed by atoms with van der Waals surface area (Å²) in [7, 11) is 0. The lowest BCUT2D eigenvalue weighted by Gasteiger charge is -2.34. The van der Waals surface area contributed by atoms with Crippen molar-refractivity contribution in [2.24, 2.45) is 5.92 Å². The van der Waals surface area contributed by atoms with Gasteiger partial charge in [0.05, 0.1) is 5.54 Å². The summed E-state index contributed by atoms with van der Waals surface area (Å²) in [5, 5.41) is 3.85. The highest BCUT2D eigenvalue weighted by Crippen LogP contribution is 2.48. The molecule has 1 aromatic rings. The molecule has 1 aliphatic carbocycles. The largest absolute Gasteiger partial charge is 0.334 e. The predicted octanol–water partition coefficient (Wildman–Crippen LogP) is 2.67. The van der Waals surface area contributed by atoms with E-state index in [1.165, 1.54) is 44.3 Å². The Morgan fingerprint density at radius 3 is 3.06 bits per heavy atom. The van der Waals surface area contributed by atoms with E-state index in [9.17, 15) is 0 Å². The van der Waals surface area contributed by atoms with Crippen LogP contribution in [0.15, 0.2) is 12.4 Å². The fraction of sp³-hybridized carbons (Fsp3) is 0.786. The molecule has 94 valence electrons. The van der Waals surface area contributed by atoms with Crippen LogP contribution in [0.2, 0.25) is 0 Å². The van der Waals surface area contributed by atoms with Gasteiger partial charge in [-0.1, -0.05) is 12.8 Å². The minimum Gasteiger partial charge on any atom is -0.334 e. The Hall–Kier alpha value is -0.830. The maximum Gasteiger partial charge on any atom is 0.129 e. The molecule has 1 aromatic heterocycles. The second-order valence-electron chi connectivity index (χ2n) is 5.52. The van der Waals surface area contributed by atoms with E-state index < -0.39 is 0 Å². The van der Waals surface area contributed by atoms with Crippen LogP contribution in [0.1, 0.15) is 51.3 Å². The van der Waals surface area contributed by atoms with Gasteiger partial charge in [0.2, 0.25) is 0 Å². The molecule has 1 N–H and O–H groups in total. The smallest absolute Gasteiger partial charge is 0.129 e. The Labute approximate surface area is 104 Å².